The molecule has 0 aromatic heterocycles. The Bertz CT molecular complexity index is 488. The average molecular weight is 278 g/mol. The van der Waals surface area contributed by atoms with Gasteiger partial charge in [0.25, 0.3) is 0 Å². The number of quaternary nitrogens is 1. The van der Waals surface area contributed by atoms with E-state index in [9.17, 15) is 0 Å². The van der Waals surface area contributed by atoms with Crippen LogP contribution in [0.4, 0.5) is 0 Å². The largest absolute Gasteiger partial charge is 1.00 e. The van der Waals surface area contributed by atoms with Gasteiger partial charge in [-0.3, -0.25) is 0 Å². The highest BCUT2D eigenvalue weighted by molar-refractivity contribution is 5.32. The predicted octanol–water partition coefficient (Wildman–Crippen LogP) is 0.689. The minimum Gasteiger partial charge on any atom is -1.00 e. The second-order valence-electron chi connectivity index (χ2n) is 5.51. The third kappa shape index (κ3) is 5.33. The Morgan fingerprint density at radius 1 is 0.789 bits per heavy atom. The van der Waals surface area contributed by atoms with Crippen molar-refractivity contribution in [3.63, 3.8) is 0 Å². The summed E-state index contributed by atoms with van der Waals surface area (Å²) in [7, 11) is 6.57. The van der Waals surface area contributed by atoms with Crippen molar-refractivity contribution < 1.29 is 21.6 Å². The fourth-order valence-corrected chi connectivity index (χ4v) is 1.84. The second kappa shape index (κ2) is 6.60. The molecule has 0 spiro atoms. The molecule has 0 atom stereocenters. The van der Waals surface area contributed by atoms with Crippen LogP contribution >= 0.6 is 0 Å². The van der Waals surface area contributed by atoms with Crippen molar-refractivity contribution in [3.8, 4) is 11.5 Å². The number of benzene rings is 2. The van der Waals surface area contributed by atoms with Crippen molar-refractivity contribution in [2.75, 3.05) is 21.1 Å². The maximum Gasteiger partial charge on any atom is 0.127 e. The van der Waals surface area contributed by atoms with Gasteiger partial charge in [-0.05, 0) is 36.4 Å². The summed E-state index contributed by atoms with van der Waals surface area (Å²) in [6.07, 6.45) is 0. The number of hydrogen-bond acceptors (Lipinski definition) is 1. The molecule has 2 nitrogen and oxygen atoms in total. The molecular formula is C16H20ClNO. The lowest BCUT2D eigenvalue weighted by Gasteiger charge is -2.23. The van der Waals surface area contributed by atoms with Crippen LogP contribution in [0.25, 0.3) is 0 Å². The quantitative estimate of drug-likeness (QED) is 0.748. The molecule has 0 aliphatic carbocycles. The summed E-state index contributed by atoms with van der Waals surface area (Å²) in [5.41, 5.74) is 1.32. The molecule has 2 aromatic carbocycles. The van der Waals surface area contributed by atoms with Crippen LogP contribution in [0.15, 0.2) is 54.6 Å². The molecule has 0 radical (unpaired) electrons. The van der Waals surface area contributed by atoms with E-state index in [4.69, 9.17) is 4.74 Å². The first-order valence-corrected chi connectivity index (χ1v) is 6.15. The van der Waals surface area contributed by atoms with Crippen molar-refractivity contribution in [3.05, 3.63) is 60.2 Å². The van der Waals surface area contributed by atoms with E-state index in [1.165, 1.54) is 5.56 Å². The van der Waals surface area contributed by atoms with Gasteiger partial charge in [0.15, 0.2) is 0 Å². The first-order chi connectivity index (χ1) is 8.53. The van der Waals surface area contributed by atoms with E-state index in [1.54, 1.807) is 0 Å². The molecule has 0 bridgehead atoms. The molecule has 0 amide bonds. The monoisotopic (exact) mass is 277 g/mol. The summed E-state index contributed by atoms with van der Waals surface area (Å²) < 4.78 is 6.69. The maximum atomic E-state index is 5.76. The van der Waals surface area contributed by atoms with Crippen molar-refractivity contribution in [1.82, 2.24) is 0 Å². The zero-order chi connectivity index (χ0) is 13.0. The van der Waals surface area contributed by atoms with Crippen LogP contribution in [0, 0.1) is 0 Å². The standard InChI is InChI=1S/C16H20NO.ClH/c1-17(2,3)13-14-9-11-16(12-10-14)18-15-7-5-4-6-8-15;/h4-12H,13H2,1-3H3;1H/q+1;/p-1. The van der Waals surface area contributed by atoms with Gasteiger partial charge in [0.1, 0.15) is 18.0 Å². The first-order valence-electron chi connectivity index (χ1n) is 6.15. The summed E-state index contributed by atoms with van der Waals surface area (Å²) in [5.74, 6) is 1.75. The van der Waals surface area contributed by atoms with Gasteiger partial charge in [-0.25, -0.2) is 0 Å². The first kappa shape index (κ1) is 15.5. The molecule has 0 heterocycles. The third-order valence-corrected chi connectivity index (χ3v) is 2.56. The van der Waals surface area contributed by atoms with Crippen molar-refractivity contribution in [1.29, 1.82) is 0 Å². The van der Waals surface area contributed by atoms with Gasteiger partial charge in [0, 0.05) is 5.56 Å². The minimum atomic E-state index is 0. The molecule has 102 valence electrons. The predicted molar refractivity (Wildman–Crippen MR) is 74.7 cm³/mol. The van der Waals surface area contributed by atoms with Gasteiger partial charge in [-0.15, -0.1) is 0 Å². The summed E-state index contributed by atoms with van der Waals surface area (Å²) in [6, 6.07) is 18.2. The van der Waals surface area contributed by atoms with Gasteiger partial charge < -0.3 is 21.6 Å². The van der Waals surface area contributed by atoms with E-state index in [0.717, 1.165) is 22.5 Å². The molecule has 19 heavy (non-hydrogen) atoms. The molecule has 0 N–H and O–H groups in total. The SMILES string of the molecule is C[N+](C)(C)Cc1ccc(Oc2ccccc2)cc1.[Cl-]. The second-order valence-corrected chi connectivity index (χ2v) is 5.51. The topological polar surface area (TPSA) is 9.23 Å². The van der Waals surface area contributed by atoms with Crippen LogP contribution < -0.4 is 17.1 Å². The fraction of sp³-hybridized carbons (Fsp3) is 0.250. The van der Waals surface area contributed by atoms with Crippen LogP contribution in [-0.2, 0) is 6.54 Å². The molecule has 0 saturated heterocycles. The molecular weight excluding hydrogens is 258 g/mol. The molecule has 0 unspecified atom stereocenters. The Hall–Kier alpha value is -1.51. The van der Waals surface area contributed by atoms with Crippen LogP contribution in [0.5, 0.6) is 11.5 Å². The number of ether oxygens (including phenoxy) is 1. The highest BCUT2D eigenvalue weighted by Gasteiger charge is 2.08. The normalized spacial score (nSPS) is 10.7. The third-order valence-electron chi connectivity index (χ3n) is 2.56. The zero-order valence-corrected chi connectivity index (χ0v) is 12.4. The summed E-state index contributed by atoms with van der Waals surface area (Å²) in [4.78, 5) is 0. The number of hydrogen-bond donors (Lipinski definition) is 0. The molecule has 2 rings (SSSR count). The van der Waals surface area contributed by atoms with E-state index < -0.39 is 0 Å². The number of nitrogens with zero attached hydrogens (tertiary/aromatic N) is 1. The fourth-order valence-electron chi connectivity index (χ4n) is 1.84. The Morgan fingerprint density at radius 2 is 1.32 bits per heavy atom. The minimum absolute atomic E-state index is 0. The number of halogens is 1. The molecule has 3 heteroatoms. The molecule has 0 aliphatic rings. The Kier molecular flexibility index (Phi) is 5.40. The smallest absolute Gasteiger partial charge is 0.127 e. The highest BCUT2D eigenvalue weighted by atomic mass is 35.5. The van der Waals surface area contributed by atoms with Crippen LogP contribution in [0.2, 0.25) is 0 Å². The van der Waals surface area contributed by atoms with E-state index in [2.05, 4.69) is 33.3 Å². The summed E-state index contributed by atoms with van der Waals surface area (Å²) >= 11 is 0. The lowest BCUT2D eigenvalue weighted by atomic mass is 10.2. The molecule has 0 aliphatic heterocycles. The van der Waals surface area contributed by atoms with Crippen LogP contribution in [0.3, 0.4) is 0 Å². The summed E-state index contributed by atoms with van der Waals surface area (Å²) in [6.45, 7) is 1.02. The lowest BCUT2D eigenvalue weighted by Crippen LogP contribution is -3.00. The van der Waals surface area contributed by atoms with Gasteiger partial charge >= 0.3 is 0 Å². The summed E-state index contributed by atoms with van der Waals surface area (Å²) in [5, 5.41) is 0. The van der Waals surface area contributed by atoms with Crippen LogP contribution in [0.1, 0.15) is 5.56 Å². The van der Waals surface area contributed by atoms with Crippen LogP contribution in [-0.4, -0.2) is 25.6 Å². The number of rotatable bonds is 4. The maximum absolute atomic E-state index is 5.76. The van der Waals surface area contributed by atoms with E-state index in [0.29, 0.717) is 0 Å². The van der Waals surface area contributed by atoms with Crippen molar-refractivity contribution in [2.24, 2.45) is 0 Å². The van der Waals surface area contributed by atoms with Gasteiger partial charge in [-0.1, -0.05) is 18.2 Å². The molecule has 2 aromatic rings. The van der Waals surface area contributed by atoms with Gasteiger partial charge in [0.05, 0.1) is 21.1 Å². The van der Waals surface area contributed by atoms with E-state index in [-0.39, 0.29) is 12.4 Å². The molecule has 0 fully saturated rings. The van der Waals surface area contributed by atoms with Gasteiger partial charge in [0.2, 0.25) is 0 Å². The Labute approximate surface area is 121 Å². The zero-order valence-electron chi connectivity index (χ0n) is 11.6. The average Bonchev–Trinajstić information content (AvgIpc) is 2.31. The van der Waals surface area contributed by atoms with Crippen molar-refractivity contribution in [2.45, 2.75) is 6.54 Å². The molecule has 0 saturated carbocycles. The highest BCUT2D eigenvalue weighted by Crippen LogP contribution is 2.21. The van der Waals surface area contributed by atoms with Gasteiger partial charge in [-0.2, -0.15) is 0 Å². The lowest BCUT2D eigenvalue weighted by molar-refractivity contribution is -0.884. The van der Waals surface area contributed by atoms with E-state index in [1.807, 2.05) is 42.5 Å². The van der Waals surface area contributed by atoms with E-state index >= 15 is 0 Å². The number of para-hydroxylation sites is 1. The van der Waals surface area contributed by atoms with Crippen molar-refractivity contribution >= 4 is 0 Å². The Morgan fingerprint density at radius 3 is 1.84 bits per heavy atom. The Balaban J connectivity index is 0.00000180.